The lowest BCUT2D eigenvalue weighted by Crippen LogP contribution is -2.24. The van der Waals surface area contributed by atoms with Crippen LogP contribution in [0.4, 0.5) is 5.69 Å². The van der Waals surface area contributed by atoms with Crippen molar-refractivity contribution in [3.8, 4) is 0 Å². The number of benzene rings is 1. The van der Waals surface area contributed by atoms with Gasteiger partial charge in [-0.2, -0.15) is 0 Å². The molecule has 0 unspecified atom stereocenters. The van der Waals surface area contributed by atoms with Crippen LogP contribution in [0.25, 0.3) is 0 Å². The number of hydrogen-bond acceptors (Lipinski definition) is 5. The Hall–Kier alpha value is -1.90. The molecule has 1 aromatic rings. The van der Waals surface area contributed by atoms with Gasteiger partial charge in [0.05, 0.1) is 10.5 Å². The Bertz CT molecular complexity index is 643. The first-order valence-electron chi connectivity index (χ1n) is 7.22. The zero-order chi connectivity index (χ0) is 17.3. The molecular weight excluding hydrogens is 320 g/mol. The van der Waals surface area contributed by atoms with Gasteiger partial charge in [-0.05, 0) is 31.5 Å². The largest absolute Gasteiger partial charge is 0.478 e. The van der Waals surface area contributed by atoms with E-state index in [1.807, 2.05) is 6.92 Å². The topological polar surface area (TPSA) is 105 Å². The minimum Gasteiger partial charge on any atom is -0.478 e. The highest BCUT2D eigenvalue weighted by molar-refractivity contribution is 7.89. The quantitative estimate of drug-likeness (QED) is 0.417. The molecule has 0 saturated heterocycles. The number of carboxylic acids is 1. The lowest BCUT2D eigenvalue weighted by Gasteiger charge is -2.12. The van der Waals surface area contributed by atoms with Gasteiger partial charge < -0.3 is 15.2 Å². The first kappa shape index (κ1) is 19.1. The highest BCUT2D eigenvalue weighted by Gasteiger charge is 2.18. The molecule has 0 spiro atoms. The first-order valence-corrected chi connectivity index (χ1v) is 8.70. The molecule has 0 saturated carbocycles. The van der Waals surface area contributed by atoms with Gasteiger partial charge in [0, 0.05) is 32.0 Å². The average Bonchev–Trinajstić information content (AvgIpc) is 2.52. The first-order chi connectivity index (χ1) is 10.9. The van der Waals surface area contributed by atoms with Gasteiger partial charge in [0.1, 0.15) is 0 Å². The Morgan fingerprint density at radius 1 is 1.43 bits per heavy atom. The number of hydrogen-bond donors (Lipinski definition) is 3. The second-order valence-electron chi connectivity index (χ2n) is 4.63. The molecule has 7 nitrogen and oxygen atoms in total. The number of anilines is 1. The van der Waals surface area contributed by atoms with Crippen LogP contribution in [0.2, 0.25) is 0 Å². The predicted octanol–water partition coefficient (Wildman–Crippen LogP) is 1.69. The summed E-state index contributed by atoms with van der Waals surface area (Å²) in [5, 5.41) is 12.3. The standard InChI is InChI=1S/C15H22N2O5S/c1-3-8-17-23(20,21)12-6-7-14(13(11-12)15(18)19)16-9-5-10-22-4-2/h3,6-7,11,16-17H,1,4-5,8-10H2,2H3,(H,18,19). The highest BCUT2D eigenvalue weighted by atomic mass is 32.2. The Balaban J connectivity index is 2.90. The van der Waals surface area contributed by atoms with E-state index < -0.39 is 16.0 Å². The summed E-state index contributed by atoms with van der Waals surface area (Å²) in [6, 6.07) is 3.95. The van der Waals surface area contributed by atoms with Gasteiger partial charge >= 0.3 is 5.97 Å². The van der Waals surface area contributed by atoms with Gasteiger partial charge in [-0.15, -0.1) is 6.58 Å². The van der Waals surface area contributed by atoms with Gasteiger partial charge in [-0.3, -0.25) is 0 Å². The van der Waals surface area contributed by atoms with Gasteiger partial charge in [0.25, 0.3) is 0 Å². The normalized spacial score (nSPS) is 11.2. The molecule has 0 radical (unpaired) electrons. The summed E-state index contributed by atoms with van der Waals surface area (Å²) in [6.07, 6.45) is 2.12. The van der Waals surface area contributed by atoms with Crippen LogP contribution in [0, 0.1) is 0 Å². The number of nitrogens with one attached hydrogen (secondary N) is 2. The smallest absolute Gasteiger partial charge is 0.337 e. The van der Waals surface area contributed by atoms with E-state index in [4.69, 9.17) is 4.74 Å². The molecule has 0 bridgehead atoms. The van der Waals surface area contributed by atoms with Crippen molar-refractivity contribution in [2.75, 3.05) is 31.6 Å². The zero-order valence-corrected chi connectivity index (χ0v) is 13.9. The van der Waals surface area contributed by atoms with E-state index in [-0.39, 0.29) is 17.0 Å². The van der Waals surface area contributed by atoms with Crippen LogP contribution >= 0.6 is 0 Å². The fourth-order valence-electron chi connectivity index (χ4n) is 1.82. The second kappa shape index (κ2) is 9.29. The SMILES string of the molecule is C=CCNS(=O)(=O)c1ccc(NCCCOCC)c(C(=O)O)c1. The van der Waals surface area contributed by atoms with Crippen LogP contribution in [0.15, 0.2) is 35.7 Å². The summed E-state index contributed by atoms with van der Waals surface area (Å²) in [4.78, 5) is 11.3. The minimum atomic E-state index is -3.76. The summed E-state index contributed by atoms with van der Waals surface area (Å²) in [7, 11) is -3.76. The predicted molar refractivity (Wildman–Crippen MR) is 88.4 cm³/mol. The molecule has 23 heavy (non-hydrogen) atoms. The number of ether oxygens (including phenoxy) is 1. The van der Waals surface area contributed by atoms with Crippen molar-refractivity contribution >= 4 is 21.7 Å². The van der Waals surface area contributed by atoms with Crippen molar-refractivity contribution < 1.29 is 23.1 Å². The number of sulfonamides is 1. The van der Waals surface area contributed by atoms with E-state index in [0.717, 1.165) is 6.07 Å². The van der Waals surface area contributed by atoms with Crippen LogP contribution in [-0.4, -0.2) is 45.8 Å². The summed E-state index contributed by atoms with van der Waals surface area (Å²) in [5.41, 5.74) is 0.277. The number of carbonyl (C=O) groups is 1. The molecule has 3 N–H and O–H groups in total. The van der Waals surface area contributed by atoms with Crippen LogP contribution in [-0.2, 0) is 14.8 Å². The third-order valence-corrected chi connectivity index (χ3v) is 4.36. The molecule has 0 aromatic heterocycles. The van der Waals surface area contributed by atoms with Crippen LogP contribution < -0.4 is 10.0 Å². The van der Waals surface area contributed by atoms with Crippen LogP contribution in [0.1, 0.15) is 23.7 Å². The van der Waals surface area contributed by atoms with E-state index in [9.17, 15) is 18.3 Å². The van der Waals surface area contributed by atoms with Gasteiger partial charge in [0.15, 0.2) is 0 Å². The molecule has 128 valence electrons. The highest BCUT2D eigenvalue weighted by Crippen LogP contribution is 2.20. The van der Waals surface area contributed by atoms with Crippen molar-refractivity contribution in [2.45, 2.75) is 18.2 Å². The van der Waals surface area contributed by atoms with E-state index in [1.54, 1.807) is 0 Å². The van der Waals surface area contributed by atoms with E-state index in [1.165, 1.54) is 18.2 Å². The number of aromatic carboxylic acids is 1. The van der Waals surface area contributed by atoms with Crippen molar-refractivity contribution in [1.29, 1.82) is 0 Å². The molecular formula is C15H22N2O5S. The molecule has 0 aliphatic rings. The molecule has 0 amide bonds. The van der Waals surface area contributed by atoms with Gasteiger partial charge in [-0.1, -0.05) is 6.08 Å². The molecule has 1 rings (SSSR count). The second-order valence-corrected chi connectivity index (χ2v) is 6.40. The maximum Gasteiger partial charge on any atom is 0.337 e. The molecule has 0 fully saturated rings. The third-order valence-electron chi connectivity index (χ3n) is 2.93. The van der Waals surface area contributed by atoms with E-state index in [2.05, 4.69) is 16.6 Å². The lowest BCUT2D eigenvalue weighted by atomic mass is 10.2. The number of carboxylic acid groups (broad SMARTS) is 1. The van der Waals surface area contributed by atoms with E-state index in [0.29, 0.717) is 31.9 Å². The molecule has 0 atom stereocenters. The molecule has 1 aromatic carbocycles. The molecule has 8 heteroatoms. The van der Waals surface area contributed by atoms with Crippen LogP contribution in [0.3, 0.4) is 0 Å². The zero-order valence-electron chi connectivity index (χ0n) is 13.0. The maximum absolute atomic E-state index is 12.0. The molecule has 0 aliphatic carbocycles. The Labute approximate surface area is 136 Å². The fourth-order valence-corrected chi connectivity index (χ4v) is 2.84. The van der Waals surface area contributed by atoms with Crippen molar-refractivity contribution in [3.63, 3.8) is 0 Å². The summed E-state index contributed by atoms with van der Waals surface area (Å²) < 4.78 is 31.5. The van der Waals surface area contributed by atoms with Crippen molar-refractivity contribution in [1.82, 2.24) is 4.72 Å². The Morgan fingerprint density at radius 3 is 2.78 bits per heavy atom. The lowest BCUT2D eigenvalue weighted by molar-refractivity contribution is 0.0697. The minimum absolute atomic E-state index is 0.0716. The Kier molecular flexibility index (Phi) is 7.73. The Morgan fingerprint density at radius 2 is 2.17 bits per heavy atom. The van der Waals surface area contributed by atoms with Crippen molar-refractivity contribution in [3.05, 3.63) is 36.4 Å². The van der Waals surface area contributed by atoms with Crippen LogP contribution in [0.5, 0.6) is 0 Å². The summed E-state index contributed by atoms with van der Waals surface area (Å²) >= 11 is 0. The fraction of sp³-hybridized carbons (Fsp3) is 0.400. The van der Waals surface area contributed by atoms with Gasteiger partial charge in [-0.25, -0.2) is 17.9 Å². The van der Waals surface area contributed by atoms with E-state index >= 15 is 0 Å². The summed E-state index contributed by atoms with van der Waals surface area (Å²) in [6.45, 7) is 7.13. The monoisotopic (exact) mass is 342 g/mol. The average molecular weight is 342 g/mol. The molecule has 0 heterocycles. The summed E-state index contributed by atoms with van der Waals surface area (Å²) in [5.74, 6) is -1.20. The third kappa shape index (κ3) is 6.01. The van der Waals surface area contributed by atoms with Gasteiger partial charge in [0.2, 0.25) is 10.0 Å². The maximum atomic E-state index is 12.0. The number of rotatable bonds is 11. The molecule has 0 aliphatic heterocycles. The van der Waals surface area contributed by atoms with Crippen molar-refractivity contribution in [2.24, 2.45) is 0 Å².